The number of hydrogen-bond donors (Lipinski definition) is 0. The lowest BCUT2D eigenvalue weighted by Gasteiger charge is -2.30. The number of ether oxygens (including phenoxy) is 3. The Morgan fingerprint density at radius 3 is 2.59 bits per heavy atom. The van der Waals surface area contributed by atoms with Crippen molar-refractivity contribution in [1.82, 2.24) is 15.2 Å². The molecule has 1 aliphatic heterocycles. The SMILES string of the molecule is CCOc1cc([C@H]2Oc3nc(SCC)nnc3-c3ccccc3N2C(C)=O)ccc1OC(C)=O. The Balaban J connectivity index is 1.89. The van der Waals surface area contributed by atoms with Crippen LogP contribution in [0, 0.1) is 0 Å². The van der Waals surface area contributed by atoms with Crippen molar-refractivity contribution in [2.24, 2.45) is 0 Å². The first-order valence-electron chi connectivity index (χ1n) is 10.8. The summed E-state index contributed by atoms with van der Waals surface area (Å²) in [7, 11) is 0. The van der Waals surface area contributed by atoms with Gasteiger partial charge in [0.2, 0.25) is 23.2 Å². The number of fused-ring (bicyclic) bond motifs is 3. The predicted molar refractivity (Wildman–Crippen MR) is 127 cm³/mol. The molecular formula is C24H24N4O5S. The number of amides is 1. The average Bonchev–Trinajstić information content (AvgIpc) is 2.94. The molecular weight excluding hydrogens is 456 g/mol. The van der Waals surface area contributed by atoms with Crippen LogP contribution in [0.1, 0.15) is 39.5 Å². The second kappa shape index (κ2) is 10.1. The number of hydrogen-bond acceptors (Lipinski definition) is 9. The summed E-state index contributed by atoms with van der Waals surface area (Å²) in [5.74, 6) is 1.000. The molecule has 0 bridgehead atoms. The smallest absolute Gasteiger partial charge is 0.308 e. The minimum Gasteiger partial charge on any atom is -0.490 e. The number of para-hydroxylation sites is 1. The van der Waals surface area contributed by atoms with Gasteiger partial charge in [0.15, 0.2) is 17.2 Å². The number of rotatable bonds is 6. The molecule has 0 radical (unpaired) electrons. The van der Waals surface area contributed by atoms with Crippen LogP contribution in [0.5, 0.6) is 17.4 Å². The predicted octanol–water partition coefficient (Wildman–Crippen LogP) is 4.42. The summed E-state index contributed by atoms with van der Waals surface area (Å²) in [5.41, 5.74) is 2.37. The van der Waals surface area contributed by atoms with Gasteiger partial charge in [0.25, 0.3) is 0 Å². The maximum absolute atomic E-state index is 12.9. The van der Waals surface area contributed by atoms with Gasteiger partial charge in [-0.25, -0.2) is 0 Å². The molecule has 4 rings (SSSR count). The molecule has 0 fully saturated rings. The molecule has 0 aliphatic carbocycles. The van der Waals surface area contributed by atoms with E-state index in [0.717, 1.165) is 5.75 Å². The third kappa shape index (κ3) is 4.67. The number of anilines is 1. The molecule has 9 nitrogen and oxygen atoms in total. The minimum atomic E-state index is -0.873. The van der Waals surface area contributed by atoms with Gasteiger partial charge in [-0.2, -0.15) is 4.98 Å². The van der Waals surface area contributed by atoms with Crippen LogP contribution in [0.4, 0.5) is 5.69 Å². The fourth-order valence-electron chi connectivity index (χ4n) is 3.65. The van der Waals surface area contributed by atoms with Gasteiger partial charge in [-0.1, -0.05) is 36.9 Å². The van der Waals surface area contributed by atoms with E-state index in [0.29, 0.717) is 40.0 Å². The van der Waals surface area contributed by atoms with Gasteiger partial charge in [-0.05, 0) is 36.9 Å². The number of benzene rings is 2. The summed E-state index contributed by atoms with van der Waals surface area (Å²) in [4.78, 5) is 30.6. The fraction of sp³-hybridized carbons (Fsp3) is 0.292. The van der Waals surface area contributed by atoms with Gasteiger partial charge >= 0.3 is 5.97 Å². The van der Waals surface area contributed by atoms with E-state index >= 15 is 0 Å². The summed E-state index contributed by atoms with van der Waals surface area (Å²) < 4.78 is 17.3. The molecule has 1 aliphatic rings. The third-order valence-electron chi connectivity index (χ3n) is 4.93. The molecule has 1 amide bonds. The number of esters is 1. The Kier molecular flexibility index (Phi) is 6.97. The first-order chi connectivity index (χ1) is 16.4. The highest BCUT2D eigenvalue weighted by Gasteiger charge is 2.35. The zero-order valence-electron chi connectivity index (χ0n) is 19.3. The van der Waals surface area contributed by atoms with Crippen molar-refractivity contribution in [1.29, 1.82) is 0 Å². The van der Waals surface area contributed by atoms with Crippen molar-refractivity contribution < 1.29 is 23.8 Å². The van der Waals surface area contributed by atoms with Gasteiger partial charge in [0.05, 0.1) is 12.3 Å². The van der Waals surface area contributed by atoms with Crippen LogP contribution < -0.4 is 19.1 Å². The Hall–Kier alpha value is -3.66. The number of carbonyl (C=O) groups is 2. The monoisotopic (exact) mass is 480 g/mol. The van der Waals surface area contributed by atoms with E-state index in [2.05, 4.69) is 15.2 Å². The minimum absolute atomic E-state index is 0.233. The Bertz CT molecular complexity index is 1240. The van der Waals surface area contributed by atoms with Crippen LogP contribution >= 0.6 is 11.8 Å². The quantitative estimate of drug-likeness (QED) is 0.288. The molecule has 0 saturated carbocycles. The molecule has 2 heterocycles. The lowest BCUT2D eigenvalue weighted by molar-refractivity contribution is -0.132. The molecule has 10 heteroatoms. The van der Waals surface area contributed by atoms with Crippen molar-refractivity contribution in [3.05, 3.63) is 48.0 Å². The van der Waals surface area contributed by atoms with Gasteiger partial charge < -0.3 is 14.2 Å². The van der Waals surface area contributed by atoms with Gasteiger partial charge in [0.1, 0.15) is 0 Å². The summed E-state index contributed by atoms with van der Waals surface area (Å²) in [6, 6.07) is 12.4. The van der Waals surface area contributed by atoms with Gasteiger partial charge in [-0.15, -0.1) is 10.2 Å². The van der Waals surface area contributed by atoms with Crippen molar-refractivity contribution in [2.75, 3.05) is 17.3 Å². The van der Waals surface area contributed by atoms with E-state index in [1.54, 1.807) is 23.1 Å². The van der Waals surface area contributed by atoms with Crippen molar-refractivity contribution >= 4 is 29.3 Å². The highest BCUT2D eigenvalue weighted by atomic mass is 32.2. The Labute approximate surface area is 201 Å². The van der Waals surface area contributed by atoms with Crippen LogP contribution in [0.25, 0.3) is 11.3 Å². The van der Waals surface area contributed by atoms with Crippen LogP contribution in [-0.4, -0.2) is 39.4 Å². The summed E-state index contributed by atoms with van der Waals surface area (Å²) in [6.07, 6.45) is -0.873. The zero-order chi connectivity index (χ0) is 24.2. The number of nitrogens with zero attached hydrogens (tertiary/aromatic N) is 4. The zero-order valence-corrected chi connectivity index (χ0v) is 20.1. The van der Waals surface area contributed by atoms with Crippen LogP contribution in [0.3, 0.4) is 0 Å². The summed E-state index contributed by atoms with van der Waals surface area (Å²) in [6.45, 7) is 6.98. The van der Waals surface area contributed by atoms with E-state index in [4.69, 9.17) is 14.2 Å². The number of carbonyl (C=O) groups excluding carboxylic acids is 2. The molecule has 176 valence electrons. The summed E-state index contributed by atoms with van der Waals surface area (Å²) in [5, 5.41) is 9.07. The highest BCUT2D eigenvalue weighted by molar-refractivity contribution is 7.99. The lowest BCUT2D eigenvalue weighted by atomic mass is 10.1. The average molecular weight is 481 g/mol. The maximum atomic E-state index is 12.9. The van der Waals surface area contributed by atoms with Crippen LogP contribution in [-0.2, 0) is 9.59 Å². The molecule has 1 aromatic heterocycles. The summed E-state index contributed by atoms with van der Waals surface area (Å²) >= 11 is 1.44. The molecule has 1 atom stereocenters. The molecule has 34 heavy (non-hydrogen) atoms. The second-order valence-corrected chi connectivity index (χ2v) is 8.52. The van der Waals surface area contributed by atoms with E-state index in [1.165, 1.54) is 25.6 Å². The van der Waals surface area contributed by atoms with Crippen molar-refractivity contribution in [2.45, 2.75) is 39.1 Å². The van der Waals surface area contributed by atoms with Crippen LogP contribution in [0.2, 0.25) is 0 Å². The Morgan fingerprint density at radius 2 is 1.88 bits per heavy atom. The van der Waals surface area contributed by atoms with Crippen molar-refractivity contribution in [3.63, 3.8) is 0 Å². The standard InChI is InChI=1S/C24H24N4O5S/c1-5-31-20-13-16(11-12-19(20)32-15(4)30)23-28(14(3)29)18-10-8-7-9-17(18)21-22(33-23)25-24(27-26-21)34-6-2/h7-13,23H,5-6H2,1-4H3/t23-/m1/s1. The van der Waals surface area contributed by atoms with Gasteiger partial charge in [0, 0.05) is 25.0 Å². The first-order valence-corrected chi connectivity index (χ1v) is 11.8. The molecule has 0 spiro atoms. The van der Waals surface area contributed by atoms with E-state index in [-0.39, 0.29) is 17.5 Å². The highest BCUT2D eigenvalue weighted by Crippen LogP contribution is 2.44. The molecule has 0 saturated heterocycles. The molecule has 0 unspecified atom stereocenters. The largest absolute Gasteiger partial charge is 0.490 e. The lowest BCUT2D eigenvalue weighted by Crippen LogP contribution is -2.36. The van der Waals surface area contributed by atoms with E-state index < -0.39 is 12.2 Å². The van der Waals surface area contributed by atoms with Crippen molar-refractivity contribution in [3.8, 4) is 28.6 Å². The number of thioether (sulfide) groups is 1. The number of aromatic nitrogens is 3. The maximum Gasteiger partial charge on any atom is 0.308 e. The van der Waals surface area contributed by atoms with E-state index in [1.807, 2.05) is 38.1 Å². The Morgan fingerprint density at radius 1 is 1.09 bits per heavy atom. The molecule has 2 aromatic carbocycles. The second-order valence-electron chi connectivity index (χ2n) is 7.29. The molecule has 3 aromatic rings. The fourth-order valence-corrected chi connectivity index (χ4v) is 4.15. The topological polar surface area (TPSA) is 104 Å². The van der Waals surface area contributed by atoms with Gasteiger partial charge in [-0.3, -0.25) is 14.5 Å². The first kappa shape index (κ1) is 23.5. The molecule has 0 N–H and O–H groups in total. The van der Waals surface area contributed by atoms with E-state index in [9.17, 15) is 9.59 Å². The normalized spacial score (nSPS) is 14.4. The third-order valence-corrected chi connectivity index (χ3v) is 5.65. The van der Waals surface area contributed by atoms with Crippen LogP contribution in [0.15, 0.2) is 47.6 Å².